The van der Waals surface area contributed by atoms with Gasteiger partial charge in [0, 0.05) is 24.2 Å². The summed E-state index contributed by atoms with van der Waals surface area (Å²) in [5.41, 5.74) is -1.46. The van der Waals surface area contributed by atoms with E-state index in [2.05, 4.69) is 0 Å². The van der Waals surface area contributed by atoms with Crippen molar-refractivity contribution in [2.24, 2.45) is 0 Å². The SMILES string of the molecule is CC(C)n1c(=O)c(Cc2cccc(F)c2F)cn(CC(=O)O)c1=O. The van der Waals surface area contributed by atoms with Gasteiger partial charge >= 0.3 is 11.7 Å². The highest BCUT2D eigenvalue weighted by Crippen LogP contribution is 2.14. The fraction of sp³-hybridized carbons (Fsp3) is 0.312. The first-order valence-corrected chi connectivity index (χ1v) is 7.22. The fourth-order valence-electron chi connectivity index (χ4n) is 2.40. The van der Waals surface area contributed by atoms with Crippen LogP contribution < -0.4 is 11.2 Å². The van der Waals surface area contributed by atoms with Crippen molar-refractivity contribution < 1.29 is 18.7 Å². The van der Waals surface area contributed by atoms with E-state index >= 15 is 0 Å². The number of benzene rings is 1. The zero-order valence-electron chi connectivity index (χ0n) is 13.1. The Kier molecular flexibility index (Phi) is 4.96. The van der Waals surface area contributed by atoms with Crippen LogP contribution in [0.1, 0.15) is 31.0 Å². The van der Waals surface area contributed by atoms with Crippen molar-refractivity contribution in [2.75, 3.05) is 0 Å². The second-order valence-electron chi connectivity index (χ2n) is 5.62. The lowest BCUT2D eigenvalue weighted by Crippen LogP contribution is -2.43. The van der Waals surface area contributed by atoms with Gasteiger partial charge in [-0.05, 0) is 25.5 Å². The monoisotopic (exact) mass is 338 g/mol. The van der Waals surface area contributed by atoms with Crippen molar-refractivity contribution >= 4 is 5.97 Å². The zero-order chi connectivity index (χ0) is 18.0. The van der Waals surface area contributed by atoms with Gasteiger partial charge in [0.1, 0.15) is 6.54 Å². The van der Waals surface area contributed by atoms with Gasteiger partial charge in [0.2, 0.25) is 0 Å². The van der Waals surface area contributed by atoms with Crippen molar-refractivity contribution in [3.05, 3.63) is 68.0 Å². The highest BCUT2D eigenvalue weighted by molar-refractivity contribution is 5.66. The van der Waals surface area contributed by atoms with Crippen LogP contribution in [0.4, 0.5) is 8.78 Å². The summed E-state index contributed by atoms with van der Waals surface area (Å²) in [6, 6.07) is 3.07. The van der Waals surface area contributed by atoms with E-state index in [1.54, 1.807) is 13.8 Å². The van der Waals surface area contributed by atoms with Gasteiger partial charge in [0.25, 0.3) is 5.56 Å². The molecule has 1 heterocycles. The minimum atomic E-state index is -1.26. The number of nitrogens with zero attached hydrogens (tertiary/aromatic N) is 2. The topological polar surface area (TPSA) is 81.3 Å². The van der Waals surface area contributed by atoms with E-state index in [0.717, 1.165) is 21.4 Å². The van der Waals surface area contributed by atoms with E-state index in [0.29, 0.717) is 0 Å². The van der Waals surface area contributed by atoms with Crippen molar-refractivity contribution in [3.8, 4) is 0 Å². The van der Waals surface area contributed by atoms with Crippen molar-refractivity contribution in [2.45, 2.75) is 32.9 Å². The molecule has 6 nitrogen and oxygen atoms in total. The van der Waals surface area contributed by atoms with E-state index in [-0.39, 0.29) is 17.5 Å². The maximum Gasteiger partial charge on any atom is 0.331 e. The van der Waals surface area contributed by atoms with E-state index < -0.39 is 41.4 Å². The number of hydrogen-bond donors (Lipinski definition) is 1. The van der Waals surface area contributed by atoms with E-state index in [9.17, 15) is 23.2 Å². The molecule has 0 aliphatic rings. The Morgan fingerprint density at radius 3 is 2.46 bits per heavy atom. The Labute approximate surface area is 135 Å². The number of halogens is 2. The van der Waals surface area contributed by atoms with Crippen LogP contribution in [-0.4, -0.2) is 20.2 Å². The predicted molar refractivity (Wildman–Crippen MR) is 82.1 cm³/mol. The molecule has 1 aromatic carbocycles. The van der Waals surface area contributed by atoms with E-state index in [1.807, 2.05) is 0 Å². The highest BCUT2D eigenvalue weighted by Gasteiger charge is 2.17. The Morgan fingerprint density at radius 1 is 1.21 bits per heavy atom. The average molecular weight is 338 g/mol. The molecule has 0 bridgehead atoms. The fourth-order valence-corrected chi connectivity index (χ4v) is 2.40. The number of rotatable bonds is 5. The molecule has 0 aliphatic carbocycles. The van der Waals surface area contributed by atoms with Crippen molar-refractivity contribution in [1.29, 1.82) is 0 Å². The Hall–Kier alpha value is -2.77. The molecular formula is C16H16F2N2O4. The molecule has 0 saturated carbocycles. The smallest absolute Gasteiger partial charge is 0.331 e. The lowest BCUT2D eigenvalue weighted by Gasteiger charge is -2.14. The normalized spacial score (nSPS) is 11.0. The quantitative estimate of drug-likeness (QED) is 0.897. The molecular weight excluding hydrogens is 322 g/mol. The molecule has 24 heavy (non-hydrogen) atoms. The van der Waals surface area contributed by atoms with Crippen molar-refractivity contribution in [1.82, 2.24) is 9.13 Å². The first-order valence-electron chi connectivity index (χ1n) is 7.22. The first-order chi connectivity index (χ1) is 11.2. The van der Waals surface area contributed by atoms with Crippen LogP contribution in [-0.2, 0) is 17.8 Å². The standard InChI is InChI=1S/C16H16F2N2O4/c1-9(2)20-15(23)11(7-19(16(20)24)8-13(21)22)6-10-4-3-5-12(17)14(10)18/h3-5,7,9H,6,8H2,1-2H3,(H,21,22). The summed E-state index contributed by atoms with van der Waals surface area (Å²) in [6.45, 7) is 2.56. The molecule has 0 spiro atoms. The molecule has 1 aromatic heterocycles. The van der Waals surface area contributed by atoms with Gasteiger partial charge in [-0.15, -0.1) is 0 Å². The third-order valence-corrected chi connectivity index (χ3v) is 3.49. The molecule has 0 amide bonds. The van der Waals surface area contributed by atoms with Crippen LogP contribution in [0, 0.1) is 11.6 Å². The minimum absolute atomic E-state index is 0.00838. The molecule has 2 rings (SSSR count). The zero-order valence-corrected chi connectivity index (χ0v) is 13.1. The molecule has 128 valence electrons. The van der Waals surface area contributed by atoms with E-state index in [1.165, 1.54) is 12.1 Å². The molecule has 0 atom stereocenters. The third-order valence-electron chi connectivity index (χ3n) is 3.49. The predicted octanol–water partition coefficient (Wildman–Crippen LogP) is 1.54. The Morgan fingerprint density at radius 2 is 1.88 bits per heavy atom. The molecule has 0 fully saturated rings. The summed E-state index contributed by atoms with van der Waals surface area (Å²) in [5.74, 6) is -3.38. The maximum absolute atomic E-state index is 13.8. The van der Waals surface area contributed by atoms with Crippen LogP contribution in [0.2, 0.25) is 0 Å². The number of aliphatic carboxylic acids is 1. The van der Waals surface area contributed by atoms with Gasteiger partial charge in [-0.3, -0.25) is 18.7 Å². The Balaban J connectivity index is 2.63. The largest absolute Gasteiger partial charge is 0.480 e. The van der Waals surface area contributed by atoms with Gasteiger partial charge in [0.15, 0.2) is 11.6 Å². The minimum Gasteiger partial charge on any atom is -0.480 e. The molecule has 0 aliphatic heterocycles. The average Bonchev–Trinajstić information content (AvgIpc) is 2.48. The van der Waals surface area contributed by atoms with Gasteiger partial charge < -0.3 is 5.11 Å². The van der Waals surface area contributed by atoms with Crippen LogP contribution in [0.15, 0.2) is 34.0 Å². The summed E-state index contributed by atoms with van der Waals surface area (Å²) in [4.78, 5) is 35.6. The second-order valence-corrected chi connectivity index (χ2v) is 5.62. The maximum atomic E-state index is 13.8. The van der Waals surface area contributed by atoms with Gasteiger partial charge in [0.05, 0.1) is 0 Å². The number of carboxylic acids is 1. The molecule has 8 heteroatoms. The molecule has 1 N–H and O–H groups in total. The summed E-state index contributed by atoms with van der Waals surface area (Å²) < 4.78 is 28.9. The number of carbonyl (C=O) groups is 1. The first kappa shape index (κ1) is 17.6. The second kappa shape index (κ2) is 6.77. The lowest BCUT2D eigenvalue weighted by molar-refractivity contribution is -0.137. The van der Waals surface area contributed by atoms with Crippen LogP contribution in [0.25, 0.3) is 0 Å². The van der Waals surface area contributed by atoms with Gasteiger partial charge in [-0.2, -0.15) is 0 Å². The molecule has 0 radical (unpaired) electrons. The summed E-state index contributed by atoms with van der Waals surface area (Å²) >= 11 is 0. The van der Waals surface area contributed by atoms with Crippen molar-refractivity contribution in [3.63, 3.8) is 0 Å². The van der Waals surface area contributed by atoms with Gasteiger partial charge in [-0.25, -0.2) is 13.6 Å². The highest BCUT2D eigenvalue weighted by atomic mass is 19.2. The number of carboxylic acid groups (broad SMARTS) is 1. The van der Waals surface area contributed by atoms with E-state index in [4.69, 9.17) is 5.11 Å². The summed E-state index contributed by atoms with van der Waals surface area (Å²) in [7, 11) is 0. The number of hydrogen-bond acceptors (Lipinski definition) is 3. The lowest BCUT2D eigenvalue weighted by atomic mass is 10.1. The number of aromatic nitrogens is 2. The molecule has 2 aromatic rings. The summed E-state index contributed by atoms with van der Waals surface area (Å²) in [5, 5.41) is 8.89. The third kappa shape index (κ3) is 3.42. The van der Waals surface area contributed by atoms with Gasteiger partial charge in [-0.1, -0.05) is 12.1 Å². The molecule has 0 saturated heterocycles. The van der Waals surface area contributed by atoms with Crippen LogP contribution in [0.3, 0.4) is 0 Å². The molecule has 0 unspecified atom stereocenters. The summed E-state index contributed by atoms with van der Waals surface area (Å²) in [6.07, 6.45) is 0.830. The van der Waals surface area contributed by atoms with Crippen LogP contribution in [0.5, 0.6) is 0 Å². The van der Waals surface area contributed by atoms with Crippen LogP contribution >= 0.6 is 0 Å². The Bertz CT molecular complexity index is 900.